The molecule has 1 aromatic carbocycles. The van der Waals surface area contributed by atoms with Crippen molar-refractivity contribution in [1.29, 1.82) is 0 Å². The van der Waals surface area contributed by atoms with Gasteiger partial charge in [-0.25, -0.2) is 15.0 Å². The minimum atomic E-state index is -0.854. The van der Waals surface area contributed by atoms with Gasteiger partial charge in [0.05, 0.1) is 38.6 Å². The molecule has 0 radical (unpaired) electrons. The molecule has 0 aliphatic heterocycles. The van der Waals surface area contributed by atoms with Crippen molar-refractivity contribution in [3.05, 3.63) is 46.6 Å². The number of fused-ring (bicyclic) bond motifs is 2. The smallest absolute Gasteiger partial charge is 0.145 e. The fourth-order valence-electron chi connectivity index (χ4n) is 6.15. The summed E-state index contributed by atoms with van der Waals surface area (Å²) in [6, 6.07) is 5.73. The number of hydrogen-bond acceptors (Lipinski definition) is 7. The maximum atomic E-state index is 10.9. The number of aromatic amines is 1. The third-order valence-corrected chi connectivity index (χ3v) is 9.11. The van der Waals surface area contributed by atoms with Crippen molar-refractivity contribution < 1.29 is 10.2 Å². The highest BCUT2D eigenvalue weighted by atomic mass is 35.5. The zero-order chi connectivity index (χ0) is 25.8. The van der Waals surface area contributed by atoms with Crippen molar-refractivity contribution >= 4 is 51.1 Å². The molecule has 4 aromatic rings. The molecular weight excluding hydrogens is 513 g/mol. The average molecular weight is 544 g/mol. The topological polar surface area (TPSA) is 129 Å². The van der Waals surface area contributed by atoms with Crippen LogP contribution in [0.3, 0.4) is 0 Å². The second-order valence-corrected chi connectivity index (χ2v) is 11.5. The molecule has 2 saturated carbocycles. The van der Waals surface area contributed by atoms with Gasteiger partial charge in [-0.15, -0.1) is 0 Å². The molecule has 2 aliphatic carbocycles. The van der Waals surface area contributed by atoms with Gasteiger partial charge in [0.25, 0.3) is 0 Å². The molecule has 3 aromatic heterocycles. The largest absolute Gasteiger partial charge is 0.390 e. The number of aliphatic hydroxyl groups is 2. The van der Waals surface area contributed by atoms with Crippen molar-refractivity contribution in [2.45, 2.75) is 56.4 Å². The van der Waals surface area contributed by atoms with Crippen molar-refractivity contribution in [2.24, 2.45) is 11.8 Å². The number of rotatable bonds is 7. The number of hydrogen-bond donors (Lipinski definition) is 4. The molecule has 196 valence electrons. The number of imidazole rings is 1. The second-order valence-electron chi connectivity index (χ2n) is 10.7. The summed E-state index contributed by atoms with van der Waals surface area (Å²) in [7, 11) is 2.12. The molecule has 11 heteroatoms. The summed E-state index contributed by atoms with van der Waals surface area (Å²) >= 11 is 12.2. The number of halogens is 2. The van der Waals surface area contributed by atoms with Crippen LogP contribution in [0.4, 0.5) is 5.82 Å². The predicted octanol–water partition coefficient (Wildman–Crippen LogP) is 3.82. The van der Waals surface area contributed by atoms with Crippen LogP contribution >= 0.6 is 23.2 Å². The van der Waals surface area contributed by atoms with Gasteiger partial charge in [-0.05, 0) is 56.8 Å². The molecule has 3 heterocycles. The van der Waals surface area contributed by atoms with E-state index in [2.05, 4.69) is 31.9 Å². The Balaban J connectivity index is 1.02. The van der Waals surface area contributed by atoms with E-state index < -0.39 is 12.2 Å². The van der Waals surface area contributed by atoms with Gasteiger partial charge in [0.2, 0.25) is 0 Å². The van der Waals surface area contributed by atoms with E-state index in [0.717, 1.165) is 54.5 Å². The van der Waals surface area contributed by atoms with Crippen molar-refractivity contribution in [3.63, 3.8) is 0 Å². The van der Waals surface area contributed by atoms with E-state index in [1.807, 2.05) is 22.9 Å². The van der Waals surface area contributed by atoms with Gasteiger partial charge < -0.3 is 30.4 Å². The fourth-order valence-corrected chi connectivity index (χ4v) is 6.47. The number of nitrogens with two attached hydrogens (primary N) is 1. The van der Waals surface area contributed by atoms with Crippen LogP contribution in [0.1, 0.15) is 37.5 Å². The first-order chi connectivity index (χ1) is 17.8. The highest BCUT2D eigenvalue weighted by molar-refractivity contribution is 6.42. The molecule has 2 fully saturated rings. The number of H-pyrrole nitrogens is 1. The van der Waals surface area contributed by atoms with Crippen molar-refractivity contribution in [2.75, 3.05) is 19.3 Å². The van der Waals surface area contributed by atoms with E-state index in [4.69, 9.17) is 28.9 Å². The van der Waals surface area contributed by atoms with Crippen LogP contribution in [0.15, 0.2) is 30.7 Å². The lowest BCUT2D eigenvalue weighted by atomic mass is 9.76. The number of aromatic nitrogens is 5. The summed E-state index contributed by atoms with van der Waals surface area (Å²) in [5.41, 5.74) is 8.42. The highest BCUT2D eigenvalue weighted by Crippen LogP contribution is 2.40. The summed E-state index contributed by atoms with van der Waals surface area (Å²) in [5, 5.41) is 23.5. The van der Waals surface area contributed by atoms with E-state index >= 15 is 0 Å². The van der Waals surface area contributed by atoms with Gasteiger partial charge in [0.1, 0.15) is 29.7 Å². The van der Waals surface area contributed by atoms with E-state index in [-0.39, 0.29) is 12.0 Å². The maximum absolute atomic E-state index is 10.9. The Labute approximate surface area is 224 Å². The Morgan fingerprint density at radius 3 is 2.73 bits per heavy atom. The number of aryl methyl sites for hydroxylation is 1. The third-order valence-electron chi connectivity index (χ3n) is 8.39. The molecule has 0 saturated heterocycles. The standard InChI is InChI=1S/C26H31Cl2N7O2/c1-34(15-6-13(7-15)2-3-22-32-19-9-17(27)18(28)10-20(19)33-22)11-14-8-21(24(37)23(14)36)35-5-4-16-25(29)30-12-31-26(16)35/h4-5,9-10,12-15,21,23-24,36-37H,2-3,6-8,11H2,1H3,(H,32,33)(H2,29,30,31)/t13?,14-,15?,21-,23-,24+/m1/s1. The number of anilines is 1. The average Bonchev–Trinajstić information content (AvgIpc) is 3.51. The quantitative estimate of drug-likeness (QED) is 0.278. The Morgan fingerprint density at radius 2 is 1.92 bits per heavy atom. The van der Waals surface area contributed by atoms with Crippen molar-refractivity contribution in [3.8, 4) is 0 Å². The SMILES string of the molecule is CN(C[C@H]1C[C@@H](n2ccc3c(N)ncnc32)[C@H](O)[C@@H]1O)C1CC(CCc2nc3cc(Cl)c(Cl)cc3[nH]2)C1. The highest BCUT2D eigenvalue weighted by Gasteiger charge is 2.44. The monoisotopic (exact) mass is 543 g/mol. The number of nitrogen functional groups attached to an aromatic ring is 1. The Morgan fingerprint density at radius 1 is 1.14 bits per heavy atom. The first-order valence-electron chi connectivity index (χ1n) is 12.8. The molecule has 37 heavy (non-hydrogen) atoms. The summed E-state index contributed by atoms with van der Waals surface area (Å²) < 4.78 is 1.93. The summed E-state index contributed by atoms with van der Waals surface area (Å²) in [6.45, 7) is 0.744. The summed E-state index contributed by atoms with van der Waals surface area (Å²) in [5.74, 6) is 2.01. The van der Waals surface area contributed by atoms with E-state index in [0.29, 0.717) is 39.9 Å². The number of nitrogens with zero attached hydrogens (tertiary/aromatic N) is 5. The molecular formula is C26H31Cl2N7O2. The van der Waals surface area contributed by atoms with Gasteiger partial charge in [0, 0.05) is 31.1 Å². The minimum absolute atomic E-state index is 0.0186. The molecule has 0 amide bonds. The van der Waals surface area contributed by atoms with Gasteiger partial charge in [-0.2, -0.15) is 0 Å². The minimum Gasteiger partial charge on any atom is -0.390 e. The lowest BCUT2D eigenvalue weighted by molar-refractivity contribution is -0.00658. The Hall–Kier alpha value is -2.43. The molecule has 6 rings (SSSR count). The second kappa shape index (κ2) is 9.71. The van der Waals surface area contributed by atoms with Gasteiger partial charge in [-0.1, -0.05) is 23.2 Å². The van der Waals surface area contributed by atoms with Crippen molar-refractivity contribution in [1.82, 2.24) is 29.4 Å². The summed E-state index contributed by atoms with van der Waals surface area (Å²) in [4.78, 5) is 18.8. The van der Waals surface area contributed by atoms with Gasteiger partial charge in [0.15, 0.2) is 0 Å². The van der Waals surface area contributed by atoms with Crippen LogP contribution in [-0.2, 0) is 6.42 Å². The van der Waals surface area contributed by atoms with Crippen LogP contribution in [0, 0.1) is 11.8 Å². The van der Waals surface area contributed by atoms with Crippen LogP contribution in [0.25, 0.3) is 22.1 Å². The zero-order valence-corrected chi connectivity index (χ0v) is 22.1. The number of nitrogens with one attached hydrogen (secondary N) is 1. The Kier molecular flexibility index (Phi) is 6.53. The normalized spacial score (nSPS) is 27.9. The Bertz CT molecular complexity index is 1390. The first-order valence-corrected chi connectivity index (χ1v) is 13.5. The molecule has 0 bridgehead atoms. The van der Waals surface area contributed by atoms with Gasteiger partial charge >= 0.3 is 0 Å². The van der Waals surface area contributed by atoms with Gasteiger partial charge in [-0.3, -0.25) is 0 Å². The lowest BCUT2D eigenvalue weighted by Crippen LogP contribution is -2.46. The maximum Gasteiger partial charge on any atom is 0.145 e. The zero-order valence-electron chi connectivity index (χ0n) is 20.6. The molecule has 9 nitrogen and oxygen atoms in total. The van der Waals surface area contributed by atoms with Crippen LogP contribution in [0.5, 0.6) is 0 Å². The van der Waals surface area contributed by atoms with Crippen LogP contribution in [0.2, 0.25) is 10.0 Å². The molecule has 2 aliphatic rings. The summed E-state index contributed by atoms with van der Waals surface area (Å²) in [6.07, 6.45) is 6.57. The molecule has 4 atom stereocenters. The lowest BCUT2D eigenvalue weighted by Gasteiger charge is -2.42. The first kappa shape index (κ1) is 24.9. The van der Waals surface area contributed by atoms with Crippen LogP contribution in [-0.4, -0.2) is 71.5 Å². The van der Waals surface area contributed by atoms with E-state index in [1.54, 1.807) is 6.07 Å². The molecule has 0 unspecified atom stereocenters. The van der Waals surface area contributed by atoms with E-state index in [1.165, 1.54) is 6.33 Å². The number of aliphatic hydroxyl groups excluding tert-OH is 2. The third kappa shape index (κ3) is 4.57. The fraction of sp³-hybridized carbons (Fsp3) is 0.500. The van der Waals surface area contributed by atoms with Crippen LogP contribution < -0.4 is 5.73 Å². The molecule has 0 spiro atoms. The van der Waals surface area contributed by atoms with E-state index in [9.17, 15) is 10.2 Å². The number of benzene rings is 1. The predicted molar refractivity (Wildman–Crippen MR) is 145 cm³/mol. The molecule has 5 N–H and O–H groups in total.